The molecule has 0 bridgehead atoms. The summed E-state index contributed by atoms with van der Waals surface area (Å²) in [4.78, 5) is 3.76. The average molecular weight is 266 g/mol. The van der Waals surface area contributed by atoms with Crippen LogP contribution in [0.4, 0.5) is 13.2 Å². The first kappa shape index (κ1) is 9.45. The Morgan fingerprint density at radius 2 is 2.00 bits per heavy atom. The molecule has 0 N–H and O–H groups in total. The van der Waals surface area contributed by atoms with E-state index in [1.165, 1.54) is 12.1 Å². The van der Waals surface area contributed by atoms with Gasteiger partial charge in [-0.2, -0.15) is 13.2 Å². The fraction of sp³-hybridized carbons (Fsp3) is 0.143. The Kier molecular flexibility index (Phi) is 1.99. The molecular formula is C7H3BrF3N3. The molecule has 2 aromatic heterocycles. The summed E-state index contributed by atoms with van der Waals surface area (Å²) < 4.78 is 38.2. The molecule has 14 heavy (non-hydrogen) atoms. The van der Waals surface area contributed by atoms with Crippen LogP contribution in [0.5, 0.6) is 0 Å². The third-order valence-electron chi connectivity index (χ3n) is 1.62. The van der Waals surface area contributed by atoms with Crippen molar-refractivity contribution < 1.29 is 13.2 Å². The fourth-order valence-corrected chi connectivity index (χ4v) is 1.43. The minimum atomic E-state index is -4.42. The summed E-state index contributed by atoms with van der Waals surface area (Å²) in [5.41, 5.74) is -0.681. The van der Waals surface area contributed by atoms with Crippen molar-refractivity contribution >= 4 is 21.6 Å². The summed E-state index contributed by atoms with van der Waals surface area (Å²) in [6.07, 6.45) is -4.42. The van der Waals surface area contributed by atoms with Gasteiger partial charge in [-0.1, -0.05) is 6.07 Å². The smallest absolute Gasteiger partial charge is 0.208 e. The molecular weight excluding hydrogens is 263 g/mol. The van der Waals surface area contributed by atoms with Crippen LogP contribution >= 0.6 is 15.9 Å². The number of pyridine rings is 1. The molecule has 0 atom stereocenters. The lowest BCUT2D eigenvalue weighted by Gasteiger charge is -2.06. The van der Waals surface area contributed by atoms with Gasteiger partial charge in [0.15, 0.2) is 5.65 Å². The topological polar surface area (TPSA) is 30.2 Å². The predicted molar refractivity (Wildman–Crippen MR) is 45.7 cm³/mol. The lowest BCUT2D eigenvalue weighted by Crippen LogP contribution is -2.11. The maximum Gasteiger partial charge on any atom is 0.433 e. The zero-order valence-electron chi connectivity index (χ0n) is 6.59. The monoisotopic (exact) mass is 265 g/mol. The van der Waals surface area contributed by atoms with Crippen molar-refractivity contribution in [3.63, 3.8) is 0 Å². The van der Waals surface area contributed by atoms with E-state index in [-0.39, 0.29) is 10.4 Å². The number of halogens is 4. The van der Waals surface area contributed by atoms with E-state index in [0.717, 1.165) is 10.6 Å². The molecule has 0 amide bonds. The molecule has 0 aliphatic carbocycles. The highest BCUT2D eigenvalue weighted by Gasteiger charge is 2.34. The van der Waals surface area contributed by atoms with Gasteiger partial charge < -0.3 is 0 Å². The van der Waals surface area contributed by atoms with Crippen molar-refractivity contribution in [3.05, 3.63) is 28.6 Å². The molecule has 0 spiro atoms. The van der Waals surface area contributed by atoms with Crippen LogP contribution in [0.1, 0.15) is 5.69 Å². The molecule has 2 heterocycles. The number of nitrogens with zero attached hydrogens (tertiary/aromatic N) is 3. The van der Waals surface area contributed by atoms with Gasteiger partial charge in [0.2, 0.25) is 4.73 Å². The zero-order valence-corrected chi connectivity index (χ0v) is 8.17. The van der Waals surface area contributed by atoms with Crippen LogP contribution in [0, 0.1) is 0 Å². The third-order valence-corrected chi connectivity index (χ3v) is 1.96. The quantitative estimate of drug-likeness (QED) is 0.733. The number of hydrogen-bond donors (Lipinski definition) is 0. The van der Waals surface area contributed by atoms with E-state index in [2.05, 4.69) is 26.0 Å². The van der Waals surface area contributed by atoms with Crippen LogP contribution in [0.15, 0.2) is 22.9 Å². The predicted octanol–water partition coefficient (Wildman–Crippen LogP) is 2.51. The Balaban J connectivity index is 2.77. The van der Waals surface area contributed by atoms with Crippen LogP contribution in [-0.4, -0.2) is 14.6 Å². The Morgan fingerprint density at radius 1 is 1.29 bits per heavy atom. The maximum absolute atomic E-state index is 12.4. The van der Waals surface area contributed by atoms with E-state index in [4.69, 9.17) is 0 Å². The van der Waals surface area contributed by atoms with Gasteiger partial charge in [0.05, 0.1) is 0 Å². The summed E-state index contributed by atoms with van der Waals surface area (Å²) in [6, 6.07) is 3.69. The molecule has 2 aromatic rings. The average Bonchev–Trinajstić information content (AvgIpc) is 2.41. The third kappa shape index (κ3) is 1.47. The van der Waals surface area contributed by atoms with E-state index in [1.807, 2.05) is 0 Å². The first-order valence-electron chi connectivity index (χ1n) is 3.57. The number of fused-ring (bicyclic) bond motifs is 1. The van der Waals surface area contributed by atoms with Crippen LogP contribution in [0.25, 0.3) is 5.65 Å². The van der Waals surface area contributed by atoms with E-state index >= 15 is 0 Å². The number of alkyl halides is 3. The van der Waals surface area contributed by atoms with Crippen molar-refractivity contribution in [2.45, 2.75) is 6.18 Å². The van der Waals surface area contributed by atoms with Gasteiger partial charge in [0.1, 0.15) is 5.69 Å². The fourth-order valence-electron chi connectivity index (χ4n) is 1.09. The minimum absolute atomic E-state index is 0.134. The Bertz CT molecular complexity index is 476. The molecule has 0 unspecified atom stereocenters. The molecule has 0 aliphatic heterocycles. The minimum Gasteiger partial charge on any atom is -0.208 e. The SMILES string of the molecule is FC(F)(F)c1cccc2nc(Br)nn12. The normalized spacial score (nSPS) is 12.3. The van der Waals surface area contributed by atoms with Gasteiger partial charge >= 0.3 is 6.18 Å². The van der Waals surface area contributed by atoms with E-state index in [9.17, 15) is 13.2 Å². The summed E-state index contributed by atoms with van der Waals surface area (Å²) in [6.45, 7) is 0. The van der Waals surface area contributed by atoms with Gasteiger partial charge in [-0.05, 0) is 28.1 Å². The van der Waals surface area contributed by atoms with Gasteiger partial charge in [-0.15, -0.1) is 5.10 Å². The van der Waals surface area contributed by atoms with Gasteiger partial charge in [-0.3, -0.25) is 0 Å². The van der Waals surface area contributed by atoms with Gasteiger partial charge in [0, 0.05) is 0 Å². The standard InChI is InChI=1S/C7H3BrF3N3/c8-6-12-5-3-1-2-4(7(9,10)11)14(5)13-6/h1-3H. The van der Waals surface area contributed by atoms with E-state index < -0.39 is 11.9 Å². The van der Waals surface area contributed by atoms with Crippen molar-refractivity contribution in [1.29, 1.82) is 0 Å². The highest BCUT2D eigenvalue weighted by molar-refractivity contribution is 9.10. The molecule has 7 heteroatoms. The molecule has 0 fully saturated rings. The lowest BCUT2D eigenvalue weighted by atomic mass is 10.3. The van der Waals surface area contributed by atoms with E-state index in [1.54, 1.807) is 0 Å². The molecule has 74 valence electrons. The molecule has 2 rings (SSSR count). The first-order chi connectivity index (χ1) is 6.48. The molecule has 0 aromatic carbocycles. The summed E-state index contributed by atoms with van der Waals surface area (Å²) >= 11 is 2.92. The van der Waals surface area contributed by atoms with Crippen molar-refractivity contribution in [2.24, 2.45) is 0 Å². The van der Waals surface area contributed by atoms with Crippen molar-refractivity contribution in [1.82, 2.24) is 14.6 Å². The highest BCUT2D eigenvalue weighted by Crippen LogP contribution is 2.29. The largest absolute Gasteiger partial charge is 0.433 e. The number of hydrogen-bond acceptors (Lipinski definition) is 2. The summed E-state index contributed by atoms with van der Waals surface area (Å²) in [5, 5.41) is 3.58. The Hall–Kier alpha value is -1.11. The van der Waals surface area contributed by atoms with Crippen molar-refractivity contribution in [3.8, 4) is 0 Å². The highest BCUT2D eigenvalue weighted by atomic mass is 79.9. The van der Waals surface area contributed by atoms with Crippen LogP contribution in [-0.2, 0) is 6.18 Å². The summed E-state index contributed by atoms with van der Waals surface area (Å²) in [5.74, 6) is 0. The first-order valence-corrected chi connectivity index (χ1v) is 4.36. The van der Waals surface area contributed by atoms with Gasteiger partial charge in [0.25, 0.3) is 0 Å². The molecule has 0 radical (unpaired) electrons. The second kappa shape index (κ2) is 2.94. The Labute approximate surface area is 84.7 Å². The maximum atomic E-state index is 12.4. The Morgan fingerprint density at radius 3 is 2.64 bits per heavy atom. The van der Waals surface area contributed by atoms with Crippen LogP contribution in [0.2, 0.25) is 0 Å². The number of aromatic nitrogens is 3. The molecule has 0 aliphatic rings. The zero-order chi connectivity index (χ0) is 10.3. The van der Waals surface area contributed by atoms with E-state index in [0.29, 0.717) is 0 Å². The number of rotatable bonds is 0. The summed E-state index contributed by atoms with van der Waals surface area (Å²) in [7, 11) is 0. The molecule has 3 nitrogen and oxygen atoms in total. The second-order valence-electron chi connectivity index (χ2n) is 2.56. The second-order valence-corrected chi connectivity index (χ2v) is 3.27. The molecule has 0 saturated carbocycles. The van der Waals surface area contributed by atoms with Crippen molar-refractivity contribution in [2.75, 3.05) is 0 Å². The van der Waals surface area contributed by atoms with Gasteiger partial charge in [-0.25, -0.2) is 9.50 Å². The lowest BCUT2D eigenvalue weighted by molar-refractivity contribution is -0.142. The molecule has 0 saturated heterocycles. The van der Waals surface area contributed by atoms with Crippen LogP contribution in [0.3, 0.4) is 0 Å². The van der Waals surface area contributed by atoms with Crippen LogP contribution < -0.4 is 0 Å².